The van der Waals surface area contributed by atoms with Crippen LogP contribution in [0.2, 0.25) is 0 Å². The molecule has 0 aromatic heterocycles. The number of halogens is 1. The standard InChI is InChI=1S/C11H20FNO3.Na/c1-2-13(9-11(15)16)10(14)7-5-3-4-6-8-12;/h2-9H2,1H3,(H,15,16);/q;+1/p-1. The van der Waals surface area contributed by atoms with E-state index in [-0.39, 0.29) is 48.7 Å². The molecule has 0 aromatic rings. The molecule has 0 bridgehead atoms. The monoisotopic (exact) mass is 255 g/mol. The summed E-state index contributed by atoms with van der Waals surface area (Å²) < 4.78 is 11.8. The molecule has 0 saturated carbocycles. The Kier molecular flexibility index (Phi) is 13.9. The van der Waals surface area contributed by atoms with Gasteiger partial charge in [-0.2, -0.15) is 0 Å². The normalized spacial score (nSPS) is 9.53. The van der Waals surface area contributed by atoms with E-state index in [1.54, 1.807) is 6.92 Å². The van der Waals surface area contributed by atoms with Crippen molar-refractivity contribution in [3.8, 4) is 0 Å². The minimum atomic E-state index is -1.24. The molecule has 0 fully saturated rings. The zero-order valence-electron chi connectivity index (χ0n) is 10.7. The first-order valence-corrected chi connectivity index (χ1v) is 5.65. The van der Waals surface area contributed by atoms with Gasteiger partial charge in [0.1, 0.15) is 0 Å². The molecule has 17 heavy (non-hydrogen) atoms. The van der Waals surface area contributed by atoms with E-state index < -0.39 is 5.97 Å². The molecule has 1 amide bonds. The Morgan fingerprint density at radius 2 is 1.76 bits per heavy atom. The summed E-state index contributed by atoms with van der Waals surface area (Å²) in [6.45, 7) is 1.43. The molecule has 0 aliphatic rings. The van der Waals surface area contributed by atoms with E-state index in [0.717, 1.165) is 12.8 Å². The van der Waals surface area contributed by atoms with Gasteiger partial charge in [0, 0.05) is 13.0 Å². The van der Waals surface area contributed by atoms with Crippen molar-refractivity contribution in [3.63, 3.8) is 0 Å². The number of likely N-dealkylation sites (N-methyl/N-ethyl adjacent to an activating group) is 1. The maximum Gasteiger partial charge on any atom is 1.00 e. The molecule has 0 aliphatic heterocycles. The summed E-state index contributed by atoms with van der Waals surface area (Å²) in [6.07, 6.45) is 3.12. The van der Waals surface area contributed by atoms with Crippen LogP contribution in [0.5, 0.6) is 0 Å². The maximum absolute atomic E-state index is 11.8. The SMILES string of the molecule is CCN(CC(=O)[O-])C(=O)CCCCCCF.[Na+]. The number of hydrogen-bond donors (Lipinski definition) is 0. The number of carbonyl (C=O) groups is 2. The third kappa shape index (κ3) is 10.7. The Morgan fingerprint density at radius 1 is 1.18 bits per heavy atom. The van der Waals surface area contributed by atoms with Gasteiger partial charge < -0.3 is 14.8 Å². The van der Waals surface area contributed by atoms with Crippen molar-refractivity contribution in [1.82, 2.24) is 4.90 Å². The van der Waals surface area contributed by atoms with Crippen molar-refractivity contribution in [3.05, 3.63) is 0 Å². The number of carbonyl (C=O) groups excluding carboxylic acids is 2. The van der Waals surface area contributed by atoms with E-state index in [1.165, 1.54) is 4.90 Å². The quantitative estimate of drug-likeness (QED) is 0.338. The van der Waals surface area contributed by atoms with E-state index in [4.69, 9.17) is 0 Å². The molecule has 0 spiro atoms. The second kappa shape index (κ2) is 12.3. The van der Waals surface area contributed by atoms with Crippen molar-refractivity contribution in [2.45, 2.75) is 39.0 Å². The number of carboxylic acid groups (broad SMARTS) is 1. The summed E-state index contributed by atoms with van der Waals surface area (Å²) in [5.41, 5.74) is 0. The van der Waals surface area contributed by atoms with Crippen molar-refractivity contribution in [2.75, 3.05) is 19.8 Å². The van der Waals surface area contributed by atoms with Gasteiger partial charge in [0.25, 0.3) is 0 Å². The number of hydrogen-bond acceptors (Lipinski definition) is 3. The number of aliphatic carboxylic acids is 1. The third-order valence-electron chi connectivity index (χ3n) is 2.33. The fourth-order valence-electron chi connectivity index (χ4n) is 1.41. The Balaban J connectivity index is 0. The Hall–Kier alpha value is -0.130. The Morgan fingerprint density at radius 3 is 2.24 bits per heavy atom. The first-order chi connectivity index (χ1) is 7.61. The molecule has 0 rings (SSSR count). The fourth-order valence-corrected chi connectivity index (χ4v) is 1.41. The third-order valence-corrected chi connectivity index (χ3v) is 2.33. The van der Waals surface area contributed by atoms with Crippen molar-refractivity contribution < 1.29 is 48.6 Å². The van der Waals surface area contributed by atoms with Gasteiger partial charge in [-0.05, 0) is 19.8 Å². The van der Waals surface area contributed by atoms with Gasteiger partial charge in [-0.1, -0.05) is 12.8 Å². The first-order valence-electron chi connectivity index (χ1n) is 5.65. The minimum absolute atomic E-state index is 0. The summed E-state index contributed by atoms with van der Waals surface area (Å²) in [6, 6.07) is 0. The van der Waals surface area contributed by atoms with Crippen LogP contribution in [0.4, 0.5) is 4.39 Å². The van der Waals surface area contributed by atoms with Gasteiger partial charge in [0.05, 0.1) is 19.2 Å². The van der Waals surface area contributed by atoms with E-state index >= 15 is 0 Å². The number of carboxylic acids is 1. The van der Waals surface area contributed by atoms with Crippen LogP contribution >= 0.6 is 0 Å². The molecule has 4 nitrogen and oxygen atoms in total. The average molecular weight is 255 g/mol. The van der Waals surface area contributed by atoms with E-state index in [1.807, 2.05) is 0 Å². The van der Waals surface area contributed by atoms with Crippen LogP contribution in [0.3, 0.4) is 0 Å². The smallest absolute Gasteiger partial charge is 0.548 e. The van der Waals surface area contributed by atoms with Crippen LogP contribution in [0, 0.1) is 0 Å². The molecule has 0 aromatic carbocycles. The predicted octanol–water partition coefficient (Wildman–Crippen LogP) is -2.49. The minimum Gasteiger partial charge on any atom is -0.548 e. The summed E-state index contributed by atoms with van der Waals surface area (Å²) in [7, 11) is 0. The van der Waals surface area contributed by atoms with Gasteiger partial charge in [-0.25, -0.2) is 0 Å². The zero-order chi connectivity index (χ0) is 12.4. The van der Waals surface area contributed by atoms with Crippen LogP contribution in [0.1, 0.15) is 39.0 Å². The number of amides is 1. The largest absolute Gasteiger partial charge is 1.00 e. The summed E-state index contributed by atoms with van der Waals surface area (Å²) in [5, 5.41) is 10.3. The van der Waals surface area contributed by atoms with Gasteiger partial charge in [0.15, 0.2) is 0 Å². The molecular weight excluding hydrogens is 236 g/mol. The molecule has 94 valence electrons. The summed E-state index contributed by atoms with van der Waals surface area (Å²) in [5.74, 6) is -1.42. The van der Waals surface area contributed by atoms with Crippen LogP contribution in [-0.4, -0.2) is 36.5 Å². The summed E-state index contributed by atoms with van der Waals surface area (Å²) in [4.78, 5) is 23.1. The zero-order valence-corrected chi connectivity index (χ0v) is 12.7. The van der Waals surface area contributed by atoms with E-state index in [9.17, 15) is 19.1 Å². The second-order valence-electron chi connectivity index (χ2n) is 3.63. The van der Waals surface area contributed by atoms with Crippen molar-refractivity contribution in [2.24, 2.45) is 0 Å². The fraction of sp³-hybridized carbons (Fsp3) is 0.818. The first kappa shape index (κ1) is 19.2. The van der Waals surface area contributed by atoms with Crippen molar-refractivity contribution in [1.29, 1.82) is 0 Å². The molecule has 0 radical (unpaired) electrons. The molecule has 6 heteroatoms. The number of alkyl halides is 1. The Labute approximate surface area is 124 Å². The molecule has 0 N–H and O–H groups in total. The average Bonchev–Trinajstić information content (AvgIpc) is 2.25. The number of rotatable bonds is 9. The topological polar surface area (TPSA) is 60.4 Å². The van der Waals surface area contributed by atoms with Gasteiger partial charge in [-0.15, -0.1) is 0 Å². The second-order valence-corrected chi connectivity index (χ2v) is 3.63. The van der Waals surface area contributed by atoms with Gasteiger partial charge in [-0.3, -0.25) is 9.18 Å². The molecule has 0 unspecified atom stereocenters. The van der Waals surface area contributed by atoms with Crippen molar-refractivity contribution >= 4 is 11.9 Å². The van der Waals surface area contributed by atoms with Gasteiger partial charge >= 0.3 is 29.6 Å². The number of nitrogens with zero attached hydrogens (tertiary/aromatic N) is 1. The predicted molar refractivity (Wildman–Crippen MR) is 56.3 cm³/mol. The van der Waals surface area contributed by atoms with Crippen LogP contribution in [-0.2, 0) is 9.59 Å². The molecule has 0 aliphatic carbocycles. The molecule has 0 atom stereocenters. The van der Waals surface area contributed by atoms with Crippen LogP contribution in [0.25, 0.3) is 0 Å². The number of unbranched alkanes of at least 4 members (excludes halogenated alkanes) is 3. The van der Waals surface area contributed by atoms with Crippen LogP contribution < -0.4 is 34.7 Å². The van der Waals surface area contributed by atoms with E-state index in [2.05, 4.69) is 0 Å². The van der Waals surface area contributed by atoms with E-state index in [0.29, 0.717) is 25.8 Å². The molecular formula is C11H19FNNaO3. The Bertz CT molecular complexity index is 227. The van der Waals surface area contributed by atoms with Gasteiger partial charge in [0.2, 0.25) is 5.91 Å². The summed E-state index contributed by atoms with van der Waals surface area (Å²) >= 11 is 0. The van der Waals surface area contributed by atoms with Crippen LogP contribution in [0.15, 0.2) is 0 Å². The maximum atomic E-state index is 11.8. The molecule has 0 heterocycles. The molecule has 0 saturated heterocycles.